The van der Waals surface area contributed by atoms with Gasteiger partial charge in [-0.25, -0.2) is 0 Å². The van der Waals surface area contributed by atoms with E-state index in [-0.39, 0.29) is 0 Å². The van der Waals surface area contributed by atoms with Crippen molar-refractivity contribution in [3.63, 3.8) is 0 Å². The van der Waals surface area contributed by atoms with E-state index in [0.717, 1.165) is 83.5 Å². The predicted molar refractivity (Wildman–Crippen MR) is 259 cm³/mol. The van der Waals surface area contributed by atoms with Crippen molar-refractivity contribution in [2.75, 3.05) is 0 Å². The van der Waals surface area contributed by atoms with E-state index in [4.69, 9.17) is 0 Å². The van der Waals surface area contributed by atoms with Gasteiger partial charge in [-0.3, -0.25) is 15.0 Å². The molecule has 0 radical (unpaired) electrons. The smallest absolute Gasteiger partial charge is 0.0724 e. The van der Waals surface area contributed by atoms with E-state index < -0.39 is 0 Å². The van der Waals surface area contributed by atoms with Crippen LogP contribution in [0.15, 0.2) is 219 Å². The van der Waals surface area contributed by atoms with Crippen molar-refractivity contribution in [1.29, 1.82) is 0 Å². The maximum atomic E-state index is 4.55. The Morgan fingerprint density at radius 2 is 0.540 bits per heavy atom. The van der Waals surface area contributed by atoms with Crippen LogP contribution in [0.3, 0.4) is 0 Å². The molecule has 6 heteroatoms. The molecule has 0 amide bonds. The molecule has 13 aromatic rings. The fourth-order valence-electron chi connectivity index (χ4n) is 9.84. The summed E-state index contributed by atoms with van der Waals surface area (Å²) in [6.45, 7) is 0. The lowest BCUT2D eigenvalue weighted by Gasteiger charge is -2.13. The first kappa shape index (κ1) is 35.2. The van der Waals surface area contributed by atoms with E-state index >= 15 is 0 Å². The quantitative estimate of drug-likeness (QED) is 0.168. The summed E-state index contributed by atoms with van der Waals surface area (Å²) in [6.07, 6.45) is 11.6. The summed E-state index contributed by atoms with van der Waals surface area (Å²) in [6, 6.07) is 65.8. The first-order valence-electron chi connectivity index (χ1n) is 21.2. The van der Waals surface area contributed by atoms with Crippen LogP contribution < -0.4 is 0 Å². The molecule has 0 fully saturated rings. The maximum absolute atomic E-state index is 4.55. The summed E-state index contributed by atoms with van der Waals surface area (Å²) in [4.78, 5) is 13.7. The van der Waals surface area contributed by atoms with Crippen LogP contribution in [0.2, 0.25) is 0 Å². The highest BCUT2D eigenvalue weighted by molar-refractivity contribution is 6.13. The normalized spacial score (nSPS) is 11.8. The molecule has 63 heavy (non-hydrogen) atoms. The number of nitrogens with zero attached hydrogens (tertiary/aromatic N) is 6. The number of rotatable bonds is 6. The zero-order valence-electron chi connectivity index (χ0n) is 34.0. The van der Waals surface area contributed by atoms with Gasteiger partial charge in [-0.05, 0) is 143 Å². The van der Waals surface area contributed by atoms with Gasteiger partial charge in [-0.2, -0.15) is 0 Å². The van der Waals surface area contributed by atoms with Gasteiger partial charge in [0.25, 0.3) is 0 Å². The van der Waals surface area contributed by atoms with Crippen molar-refractivity contribution in [2.24, 2.45) is 0 Å². The van der Waals surface area contributed by atoms with Gasteiger partial charge >= 0.3 is 0 Å². The first-order chi connectivity index (χ1) is 31.2. The molecule has 0 N–H and O–H groups in total. The van der Waals surface area contributed by atoms with E-state index in [1.54, 1.807) is 0 Å². The first-order valence-corrected chi connectivity index (χ1v) is 21.2. The predicted octanol–water partition coefficient (Wildman–Crippen LogP) is 14.2. The van der Waals surface area contributed by atoms with E-state index in [1.165, 1.54) is 32.3 Å². The molecule has 0 saturated heterocycles. The lowest BCUT2D eigenvalue weighted by atomic mass is 9.92. The zero-order valence-corrected chi connectivity index (χ0v) is 34.0. The van der Waals surface area contributed by atoms with Crippen LogP contribution >= 0.6 is 0 Å². The Hall–Kier alpha value is -8.61. The molecule has 0 saturated carbocycles. The third-order valence-electron chi connectivity index (χ3n) is 12.7. The second kappa shape index (κ2) is 14.0. The molecule has 0 aliphatic carbocycles. The third-order valence-corrected chi connectivity index (χ3v) is 12.7. The monoisotopic (exact) mass is 804 g/mol. The van der Waals surface area contributed by atoms with Crippen molar-refractivity contribution in [2.45, 2.75) is 0 Å². The molecule has 0 bridgehead atoms. The SMILES string of the molecule is c1ccc(-n2c3ccc(-c4cc(-c5ccc6c(c5)c5ccncc5n6-c5ccccc5)cc(-c5ccc6c(c5)c5ccncc5n6-c5ccccc5)c4)cc3c3ccncc32)cc1. The molecule has 0 unspecified atom stereocenters. The van der Waals surface area contributed by atoms with Crippen LogP contribution in [-0.2, 0) is 0 Å². The molecular formula is C57H36N6. The maximum Gasteiger partial charge on any atom is 0.0724 e. The lowest BCUT2D eigenvalue weighted by molar-refractivity contribution is 1.17. The highest BCUT2D eigenvalue weighted by Gasteiger charge is 2.18. The van der Waals surface area contributed by atoms with Gasteiger partial charge in [-0.15, -0.1) is 0 Å². The van der Waals surface area contributed by atoms with E-state index in [2.05, 4.69) is 211 Å². The molecule has 0 aliphatic rings. The molecule has 0 atom stereocenters. The average molecular weight is 805 g/mol. The number of fused-ring (bicyclic) bond motifs is 9. The van der Waals surface area contributed by atoms with Gasteiger partial charge < -0.3 is 13.7 Å². The molecule has 0 aliphatic heterocycles. The van der Waals surface area contributed by atoms with Crippen LogP contribution in [0.25, 0.3) is 116 Å². The Kier molecular flexibility index (Phi) is 7.80. The average Bonchev–Trinajstić information content (AvgIpc) is 3.99. The largest absolute Gasteiger partial charge is 0.308 e. The number of aromatic nitrogens is 6. The summed E-state index contributed by atoms with van der Waals surface area (Å²) in [7, 11) is 0. The van der Waals surface area contributed by atoms with Crippen LogP contribution in [-0.4, -0.2) is 28.7 Å². The second-order valence-electron chi connectivity index (χ2n) is 16.2. The van der Waals surface area contributed by atoms with Gasteiger partial charge in [0.05, 0.1) is 51.7 Å². The minimum Gasteiger partial charge on any atom is -0.308 e. The number of pyridine rings is 3. The Morgan fingerprint density at radius 3 is 0.841 bits per heavy atom. The number of hydrogen-bond donors (Lipinski definition) is 0. The summed E-state index contributed by atoms with van der Waals surface area (Å²) < 4.78 is 6.95. The van der Waals surface area contributed by atoms with Crippen molar-refractivity contribution in [3.05, 3.63) is 219 Å². The molecular weight excluding hydrogens is 769 g/mol. The van der Waals surface area contributed by atoms with Crippen LogP contribution in [0, 0.1) is 0 Å². The molecule has 6 aromatic heterocycles. The second-order valence-corrected chi connectivity index (χ2v) is 16.2. The Morgan fingerprint density at radius 1 is 0.238 bits per heavy atom. The summed E-state index contributed by atoms with van der Waals surface area (Å²) >= 11 is 0. The van der Waals surface area contributed by atoms with Crippen LogP contribution in [0.5, 0.6) is 0 Å². The standard InChI is InChI=1S/C57H36N6/c1-4-10-43(11-5-1)61-52-19-16-37(31-49(52)46-22-25-58-34-55(46)61)40-28-41(38-17-20-53-50(32-38)47-23-26-59-35-56(47)62(53)44-12-6-2-7-13-44)30-42(29-40)39-18-21-54-51(33-39)48-24-27-60-36-57(48)63(54)45-14-8-3-9-15-45/h1-36H. The van der Waals surface area contributed by atoms with Crippen molar-refractivity contribution < 1.29 is 0 Å². The molecule has 294 valence electrons. The summed E-state index contributed by atoms with van der Waals surface area (Å²) in [5, 5.41) is 7.08. The minimum atomic E-state index is 1.08. The van der Waals surface area contributed by atoms with Gasteiger partial charge in [0.15, 0.2) is 0 Å². The summed E-state index contributed by atoms with van der Waals surface area (Å²) in [5.41, 5.74) is 16.9. The van der Waals surface area contributed by atoms with Crippen molar-refractivity contribution >= 4 is 65.4 Å². The topological polar surface area (TPSA) is 53.5 Å². The van der Waals surface area contributed by atoms with E-state index in [0.29, 0.717) is 0 Å². The van der Waals surface area contributed by atoms with Crippen molar-refractivity contribution in [3.8, 4) is 50.4 Å². The van der Waals surface area contributed by atoms with Gasteiger partial charge in [0.2, 0.25) is 0 Å². The van der Waals surface area contributed by atoms with E-state index in [9.17, 15) is 0 Å². The third kappa shape index (κ3) is 5.55. The Labute approximate surface area is 362 Å². The molecule has 6 nitrogen and oxygen atoms in total. The van der Waals surface area contributed by atoms with Gasteiger partial charge in [0, 0.05) is 68.0 Å². The molecule has 0 spiro atoms. The number of hydrogen-bond acceptors (Lipinski definition) is 3. The highest BCUT2D eigenvalue weighted by Crippen LogP contribution is 2.41. The molecule has 13 rings (SSSR count). The van der Waals surface area contributed by atoms with Gasteiger partial charge in [-0.1, -0.05) is 72.8 Å². The lowest BCUT2D eigenvalue weighted by Crippen LogP contribution is -1.94. The summed E-state index contributed by atoms with van der Waals surface area (Å²) in [5.74, 6) is 0. The minimum absolute atomic E-state index is 1.08. The Bertz CT molecular complexity index is 3480. The molecule has 6 heterocycles. The zero-order chi connectivity index (χ0) is 41.4. The van der Waals surface area contributed by atoms with Crippen LogP contribution in [0.1, 0.15) is 0 Å². The fourth-order valence-corrected chi connectivity index (χ4v) is 9.84. The van der Waals surface area contributed by atoms with Gasteiger partial charge in [0.1, 0.15) is 0 Å². The van der Waals surface area contributed by atoms with E-state index in [1.807, 2.05) is 37.2 Å². The van der Waals surface area contributed by atoms with Crippen molar-refractivity contribution in [1.82, 2.24) is 28.7 Å². The fraction of sp³-hybridized carbons (Fsp3) is 0. The number of benzene rings is 7. The molecule has 7 aromatic carbocycles. The highest BCUT2D eigenvalue weighted by atomic mass is 15.0. The number of para-hydroxylation sites is 3. The Balaban J connectivity index is 1.04. The van der Waals surface area contributed by atoms with Crippen LogP contribution in [0.4, 0.5) is 0 Å².